The first-order valence-electron chi connectivity index (χ1n) is 4.62. The fraction of sp³-hybridized carbons (Fsp3) is 0.400. The number of aliphatic hydroxyl groups is 1. The highest BCUT2D eigenvalue weighted by Crippen LogP contribution is 2.42. The summed E-state index contributed by atoms with van der Waals surface area (Å²) in [6.45, 7) is 2.31. The van der Waals surface area contributed by atoms with Crippen LogP contribution in [0, 0.1) is 6.92 Å². The lowest BCUT2D eigenvalue weighted by atomic mass is 10.1. The second-order valence-electron chi connectivity index (χ2n) is 3.39. The molecule has 0 saturated heterocycles. The predicted octanol–water partition coefficient (Wildman–Crippen LogP) is 1.48. The van der Waals surface area contributed by atoms with E-state index in [1.165, 1.54) is 0 Å². The van der Waals surface area contributed by atoms with Crippen LogP contribution in [0.4, 0.5) is 0 Å². The molecular weight excluding hydrogens is 262 g/mol. The lowest BCUT2D eigenvalue weighted by Crippen LogP contribution is -2.12. The van der Waals surface area contributed by atoms with E-state index in [-0.39, 0.29) is 13.3 Å². The molecule has 1 aliphatic heterocycles. The number of ether oxygens (including phenoxy) is 2. The van der Waals surface area contributed by atoms with Crippen LogP contribution >= 0.6 is 15.9 Å². The first kappa shape index (κ1) is 10.7. The van der Waals surface area contributed by atoms with Crippen LogP contribution in [0.3, 0.4) is 0 Å². The summed E-state index contributed by atoms with van der Waals surface area (Å²) in [6, 6.07) is 1.76. The minimum Gasteiger partial charge on any atom is -0.454 e. The molecule has 1 heterocycles. The summed E-state index contributed by atoms with van der Waals surface area (Å²) in [5, 5.41) is 9.71. The van der Waals surface area contributed by atoms with Gasteiger partial charge in [0.25, 0.3) is 0 Å². The number of aliphatic hydroxyl groups excluding tert-OH is 1. The van der Waals surface area contributed by atoms with Gasteiger partial charge < -0.3 is 20.3 Å². The van der Waals surface area contributed by atoms with Crippen LogP contribution in [-0.2, 0) is 0 Å². The Bertz CT molecular complexity index is 395. The van der Waals surface area contributed by atoms with E-state index < -0.39 is 6.10 Å². The molecule has 5 heteroatoms. The Morgan fingerprint density at radius 2 is 2.33 bits per heavy atom. The van der Waals surface area contributed by atoms with Gasteiger partial charge in [-0.15, -0.1) is 0 Å². The van der Waals surface area contributed by atoms with Crippen LogP contribution in [0.5, 0.6) is 11.5 Å². The van der Waals surface area contributed by atoms with Crippen LogP contribution in [0.2, 0.25) is 0 Å². The van der Waals surface area contributed by atoms with E-state index in [9.17, 15) is 5.11 Å². The molecule has 82 valence electrons. The van der Waals surface area contributed by atoms with Gasteiger partial charge in [-0.25, -0.2) is 0 Å². The van der Waals surface area contributed by atoms with Gasteiger partial charge in [0.15, 0.2) is 11.5 Å². The van der Waals surface area contributed by atoms with E-state index in [4.69, 9.17) is 15.2 Å². The average molecular weight is 274 g/mol. The van der Waals surface area contributed by atoms with Gasteiger partial charge in [0.2, 0.25) is 6.79 Å². The topological polar surface area (TPSA) is 64.7 Å². The quantitative estimate of drug-likeness (QED) is 0.857. The van der Waals surface area contributed by atoms with Gasteiger partial charge >= 0.3 is 0 Å². The van der Waals surface area contributed by atoms with Gasteiger partial charge in [0.05, 0.1) is 6.10 Å². The Morgan fingerprint density at radius 3 is 3.00 bits per heavy atom. The maximum atomic E-state index is 9.71. The Morgan fingerprint density at radius 1 is 1.60 bits per heavy atom. The molecule has 2 rings (SSSR count). The van der Waals surface area contributed by atoms with E-state index in [0.717, 1.165) is 21.3 Å². The fourth-order valence-electron chi connectivity index (χ4n) is 1.58. The number of halogens is 1. The number of rotatable bonds is 2. The average Bonchev–Trinajstić information content (AvgIpc) is 2.70. The van der Waals surface area contributed by atoms with Crippen molar-refractivity contribution in [3.05, 3.63) is 21.7 Å². The number of benzene rings is 1. The lowest BCUT2D eigenvalue weighted by molar-refractivity contribution is 0.172. The maximum Gasteiger partial charge on any atom is 0.231 e. The van der Waals surface area contributed by atoms with Crippen molar-refractivity contribution in [1.29, 1.82) is 0 Å². The molecule has 0 bridgehead atoms. The number of hydrogen-bond donors (Lipinski definition) is 2. The van der Waals surface area contributed by atoms with E-state index in [1.807, 2.05) is 6.92 Å². The van der Waals surface area contributed by atoms with Crippen molar-refractivity contribution in [2.45, 2.75) is 13.0 Å². The molecule has 1 aliphatic rings. The molecule has 1 aromatic rings. The van der Waals surface area contributed by atoms with Gasteiger partial charge in [-0.05, 0) is 28.9 Å². The number of fused-ring (bicyclic) bond motifs is 1. The first-order valence-corrected chi connectivity index (χ1v) is 5.41. The van der Waals surface area contributed by atoms with Crippen molar-refractivity contribution in [3.8, 4) is 11.5 Å². The zero-order valence-corrected chi connectivity index (χ0v) is 9.87. The molecular formula is C10H12BrNO3. The Kier molecular flexibility index (Phi) is 2.86. The lowest BCUT2D eigenvalue weighted by Gasteiger charge is -2.13. The third kappa shape index (κ3) is 1.71. The van der Waals surface area contributed by atoms with Crippen molar-refractivity contribution in [1.82, 2.24) is 0 Å². The molecule has 1 aromatic carbocycles. The van der Waals surface area contributed by atoms with Crippen LogP contribution < -0.4 is 15.2 Å². The van der Waals surface area contributed by atoms with E-state index in [2.05, 4.69) is 15.9 Å². The zero-order valence-electron chi connectivity index (χ0n) is 8.29. The molecule has 1 unspecified atom stereocenters. The highest BCUT2D eigenvalue weighted by atomic mass is 79.9. The largest absolute Gasteiger partial charge is 0.454 e. The second kappa shape index (κ2) is 4.00. The van der Waals surface area contributed by atoms with E-state index in [1.54, 1.807) is 6.07 Å². The minimum absolute atomic E-state index is 0.178. The summed E-state index contributed by atoms with van der Waals surface area (Å²) in [6.07, 6.45) is -0.687. The van der Waals surface area contributed by atoms with Crippen LogP contribution in [0.15, 0.2) is 10.5 Å². The Hall–Kier alpha value is -0.780. The predicted molar refractivity (Wildman–Crippen MR) is 59.0 cm³/mol. The molecule has 0 fully saturated rings. The highest BCUT2D eigenvalue weighted by Gasteiger charge is 2.23. The molecule has 0 saturated carbocycles. The standard InChI is InChI=1S/C10H12BrNO3/c1-5-9(11)6(7(13)3-12)2-8-10(5)15-4-14-8/h2,7,13H,3-4,12H2,1H3. The number of nitrogens with two attached hydrogens (primary N) is 1. The summed E-state index contributed by atoms with van der Waals surface area (Å²) >= 11 is 3.42. The summed E-state index contributed by atoms with van der Waals surface area (Å²) in [5.41, 5.74) is 7.08. The van der Waals surface area contributed by atoms with Crippen molar-refractivity contribution in [2.75, 3.05) is 13.3 Å². The van der Waals surface area contributed by atoms with Crippen LogP contribution in [0.1, 0.15) is 17.2 Å². The van der Waals surface area contributed by atoms with Crippen molar-refractivity contribution < 1.29 is 14.6 Å². The minimum atomic E-state index is -0.687. The Balaban J connectivity index is 2.54. The highest BCUT2D eigenvalue weighted by molar-refractivity contribution is 9.10. The second-order valence-corrected chi connectivity index (χ2v) is 4.18. The summed E-state index contributed by atoms with van der Waals surface area (Å²) in [7, 11) is 0. The van der Waals surface area contributed by atoms with Gasteiger partial charge in [-0.1, -0.05) is 0 Å². The van der Waals surface area contributed by atoms with E-state index >= 15 is 0 Å². The van der Waals surface area contributed by atoms with Crippen molar-refractivity contribution in [3.63, 3.8) is 0 Å². The molecule has 0 spiro atoms. The molecule has 0 amide bonds. The molecule has 0 aliphatic carbocycles. The number of hydrogen-bond acceptors (Lipinski definition) is 4. The molecule has 4 nitrogen and oxygen atoms in total. The van der Waals surface area contributed by atoms with Crippen molar-refractivity contribution >= 4 is 15.9 Å². The van der Waals surface area contributed by atoms with Gasteiger partial charge in [0, 0.05) is 22.1 Å². The van der Waals surface area contributed by atoms with E-state index in [0.29, 0.717) is 5.75 Å². The fourth-order valence-corrected chi connectivity index (χ4v) is 2.14. The summed E-state index contributed by atoms with van der Waals surface area (Å²) in [5.74, 6) is 1.40. The van der Waals surface area contributed by atoms with Crippen LogP contribution in [0.25, 0.3) is 0 Å². The van der Waals surface area contributed by atoms with Gasteiger partial charge in [0.1, 0.15) is 0 Å². The molecule has 0 radical (unpaired) electrons. The monoisotopic (exact) mass is 273 g/mol. The molecule has 3 N–H and O–H groups in total. The van der Waals surface area contributed by atoms with Crippen LogP contribution in [-0.4, -0.2) is 18.4 Å². The molecule has 15 heavy (non-hydrogen) atoms. The maximum absolute atomic E-state index is 9.71. The zero-order chi connectivity index (χ0) is 11.0. The Labute approximate surface area is 96.1 Å². The molecule has 1 atom stereocenters. The first-order chi connectivity index (χ1) is 7.15. The normalized spacial score (nSPS) is 15.5. The summed E-state index contributed by atoms with van der Waals surface area (Å²) in [4.78, 5) is 0. The van der Waals surface area contributed by atoms with Gasteiger partial charge in [-0.2, -0.15) is 0 Å². The molecule has 0 aromatic heterocycles. The summed E-state index contributed by atoms with van der Waals surface area (Å²) < 4.78 is 11.4. The third-order valence-electron chi connectivity index (χ3n) is 2.43. The smallest absolute Gasteiger partial charge is 0.231 e. The van der Waals surface area contributed by atoms with Crippen molar-refractivity contribution in [2.24, 2.45) is 5.73 Å². The van der Waals surface area contributed by atoms with Gasteiger partial charge in [-0.3, -0.25) is 0 Å². The SMILES string of the molecule is Cc1c(Br)c(C(O)CN)cc2c1OCO2. The third-order valence-corrected chi connectivity index (χ3v) is 3.49.